The molecule has 8 bridgehead atoms. The number of thiophene rings is 1. The summed E-state index contributed by atoms with van der Waals surface area (Å²) in [6.45, 7) is 0. The van der Waals surface area contributed by atoms with E-state index in [1.165, 1.54) is 22.3 Å². The third kappa shape index (κ3) is 7.46. The van der Waals surface area contributed by atoms with E-state index in [9.17, 15) is 0 Å². The third-order valence-corrected chi connectivity index (χ3v) is 8.65. The van der Waals surface area contributed by atoms with Crippen LogP contribution >= 0.6 is 11.3 Å². The number of hydrogen-bond donors (Lipinski definition) is 2. The summed E-state index contributed by atoms with van der Waals surface area (Å²) in [7, 11) is 0. The van der Waals surface area contributed by atoms with E-state index in [1.54, 1.807) is 23.7 Å². The van der Waals surface area contributed by atoms with E-state index in [-0.39, 0.29) is 34.9 Å². The topological polar surface area (TPSA) is 83.1 Å². The molecule has 5 aromatic heterocycles. The number of benzene rings is 2. The van der Waals surface area contributed by atoms with Gasteiger partial charge in [-0.2, -0.15) is 0 Å². The van der Waals surface area contributed by atoms with Crippen molar-refractivity contribution >= 4 is 103 Å². The molecule has 2 N–H and O–H groups in total. The largest absolute Gasteiger partial charge is 0.252 e. The zero-order valence-corrected chi connectivity index (χ0v) is 30.3. The maximum Gasteiger partial charge on any atom is 0.141 e. The van der Waals surface area contributed by atoms with Crippen molar-refractivity contribution in [1.29, 1.82) is 0 Å². The van der Waals surface area contributed by atoms with Crippen LogP contribution in [-0.2, 0) is 6.42 Å². The van der Waals surface area contributed by atoms with Crippen molar-refractivity contribution < 1.29 is 0 Å². The van der Waals surface area contributed by atoms with Crippen LogP contribution in [0.25, 0.3) is 67.8 Å². The van der Waals surface area contributed by atoms with Gasteiger partial charge in [-0.15, -0.1) is 11.3 Å². The van der Waals surface area contributed by atoms with E-state index >= 15 is 0 Å². The molecule has 2 aromatic carbocycles. The second-order valence-electron chi connectivity index (χ2n) is 11.1. The Morgan fingerprint density at radius 1 is 0.521 bits per heavy atom. The van der Waals surface area contributed by atoms with Crippen LogP contribution in [0, 0.1) is 0 Å². The van der Waals surface area contributed by atoms with Crippen LogP contribution in [0.2, 0.25) is 0 Å². The normalized spacial score (nSPS) is 11.6. The Labute approximate surface area is 303 Å². The molecule has 48 heavy (non-hydrogen) atoms. The number of nitrogens with zero attached hydrogens (tertiary/aromatic N) is 4. The van der Waals surface area contributed by atoms with Gasteiger partial charge in [0.1, 0.15) is 4.83 Å². The predicted octanol–water partition coefficient (Wildman–Crippen LogP) is 7.24. The summed E-state index contributed by atoms with van der Waals surface area (Å²) < 4.78 is 0. The molecule has 10 rings (SSSR count). The van der Waals surface area contributed by atoms with Crippen molar-refractivity contribution in [2.45, 2.75) is 6.42 Å². The minimum absolute atomic E-state index is 0. The molecule has 0 unspecified atom stereocenters. The summed E-state index contributed by atoms with van der Waals surface area (Å²) in [5, 5.41) is 1.99. The van der Waals surface area contributed by atoms with Gasteiger partial charge in [-0.1, -0.05) is 48.5 Å². The van der Waals surface area contributed by atoms with E-state index in [1.807, 2.05) is 60.0 Å². The second kappa shape index (κ2) is 14.9. The van der Waals surface area contributed by atoms with Crippen LogP contribution in [0.15, 0.2) is 121 Å². The van der Waals surface area contributed by atoms with Crippen molar-refractivity contribution in [2.24, 2.45) is 0 Å². The molecule has 6 nitrogen and oxygen atoms in total. The van der Waals surface area contributed by atoms with Crippen molar-refractivity contribution in [3.8, 4) is 11.1 Å². The number of aromatic nitrogens is 6. The van der Waals surface area contributed by atoms with Crippen molar-refractivity contribution in [3.63, 3.8) is 0 Å². The fraction of sp³-hybridized carbons (Fsp3) is 0.0256. The quantitative estimate of drug-likeness (QED) is 0.160. The molecule has 2 aliphatic heterocycles. The summed E-state index contributed by atoms with van der Waals surface area (Å²) in [6.07, 6.45) is 12.6. The Morgan fingerprint density at radius 3 is 1.42 bits per heavy atom. The minimum Gasteiger partial charge on any atom is -0.252 e. The molecule has 0 atom stereocenters. The molecule has 3 aliphatic rings. The standard InChI is InChI=1S/C20H14N4.C13H10.C6H4N2S.H4Si.Sn.2H/c1-2-14-10-16-5-6-18(23-16)12-20-8-7-19(24-20)11-17-4-3-15(22-17)9-13(1)21-14;1-3-7-12-10(5-1)9-11-6-2-4-8-13(11)12;1-4-9-6-5(1)7-2-3-8-6;;;;/h1-12,21,24H;1-8H,9H2;1-4H;1H4;;;. The van der Waals surface area contributed by atoms with Gasteiger partial charge >= 0.3 is 23.9 Å². The number of rotatable bonds is 0. The summed E-state index contributed by atoms with van der Waals surface area (Å²) in [6, 6.07) is 35.6. The van der Waals surface area contributed by atoms with E-state index in [0.29, 0.717) is 0 Å². The zero-order chi connectivity index (χ0) is 30.7. The van der Waals surface area contributed by atoms with Gasteiger partial charge < -0.3 is 9.97 Å². The SMILES string of the molecule is C1=Cc2cc3ccc(cc4nc(cc5ccc(cc1n2)[nH]5)C=C4)[nH]3.[SiH4].[SnH2].c1ccc2c(c1)Cc1ccccc1-2.c1cnc2sccc2n1. The Balaban J connectivity index is 0.000000140. The molecule has 1 aliphatic carbocycles. The van der Waals surface area contributed by atoms with Crippen LogP contribution in [-0.4, -0.2) is 64.8 Å². The van der Waals surface area contributed by atoms with Gasteiger partial charge in [0, 0.05) is 34.5 Å². The fourth-order valence-electron chi connectivity index (χ4n) is 5.73. The first-order valence-electron chi connectivity index (χ1n) is 15.1. The van der Waals surface area contributed by atoms with Crippen molar-refractivity contribution in [3.05, 3.63) is 155 Å². The van der Waals surface area contributed by atoms with Crippen LogP contribution in [0.5, 0.6) is 0 Å². The molecule has 7 aromatic rings. The number of aromatic amines is 2. The summed E-state index contributed by atoms with van der Waals surface area (Å²) in [5.74, 6) is 0. The first-order valence-corrected chi connectivity index (χ1v) is 15.9. The molecule has 0 fully saturated rings. The summed E-state index contributed by atoms with van der Waals surface area (Å²) >= 11 is 1.61. The number of fused-ring (bicyclic) bond motifs is 12. The average molecular weight is 766 g/mol. The first kappa shape index (κ1) is 33.0. The smallest absolute Gasteiger partial charge is 0.141 e. The van der Waals surface area contributed by atoms with Gasteiger partial charge in [0.2, 0.25) is 0 Å². The molecular formula is C39H34N6SSiSn. The molecule has 0 saturated carbocycles. The fourth-order valence-corrected chi connectivity index (χ4v) is 6.42. The van der Waals surface area contributed by atoms with Crippen LogP contribution in [0.3, 0.4) is 0 Å². The third-order valence-electron chi connectivity index (χ3n) is 7.84. The average Bonchev–Trinajstić information content (AvgIpc) is 3.93. The van der Waals surface area contributed by atoms with Crippen LogP contribution in [0.1, 0.15) is 33.9 Å². The Bertz CT molecular complexity index is 2190. The predicted molar refractivity (Wildman–Crippen MR) is 211 cm³/mol. The molecule has 0 amide bonds. The van der Waals surface area contributed by atoms with Gasteiger partial charge in [0.15, 0.2) is 0 Å². The van der Waals surface area contributed by atoms with Crippen molar-refractivity contribution in [2.75, 3.05) is 0 Å². The Kier molecular flexibility index (Phi) is 10.2. The van der Waals surface area contributed by atoms with E-state index in [2.05, 4.69) is 103 Å². The first-order chi connectivity index (χ1) is 22.7. The maximum atomic E-state index is 4.63. The summed E-state index contributed by atoms with van der Waals surface area (Å²) in [5.41, 5.74) is 14.6. The molecular weight excluding hydrogens is 731 g/mol. The van der Waals surface area contributed by atoms with Gasteiger partial charge in [0.05, 0.1) is 28.3 Å². The number of hydrogen-bond acceptors (Lipinski definition) is 5. The van der Waals surface area contributed by atoms with Gasteiger partial charge in [-0.05, 0) is 124 Å². The Morgan fingerprint density at radius 2 is 0.958 bits per heavy atom. The zero-order valence-electron chi connectivity index (χ0n) is 25.5. The summed E-state index contributed by atoms with van der Waals surface area (Å²) in [4.78, 5) is 25.2. The molecule has 9 heteroatoms. The Hall–Kier alpha value is -4.90. The van der Waals surface area contributed by atoms with E-state index in [4.69, 9.17) is 0 Å². The molecule has 234 valence electrons. The van der Waals surface area contributed by atoms with Crippen LogP contribution < -0.4 is 0 Å². The molecule has 7 heterocycles. The van der Waals surface area contributed by atoms with Crippen LogP contribution in [0.4, 0.5) is 0 Å². The maximum absolute atomic E-state index is 4.63. The van der Waals surface area contributed by atoms with E-state index in [0.717, 1.165) is 61.6 Å². The van der Waals surface area contributed by atoms with E-state index < -0.39 is 0 Å². The van der Waals surface area contributed by atoms with Crippen molar-refractivity contribution in [1.82, 2.24) is 29.9 Å². The second-order valence-corrected chi connectivity index (χ2v) is 12.0. The number of H-pyrrole nitrogens is 2. The van der Waals surface area contributed by atoms with Gasteiger partial charge in [-0.3, -0.25) is 4.98 Å². The number of nitrogens with one attached hydrogen (secondary N) is 2. The van der Waals surface area contributed by atoms with Gasteiger partial charge in [0.25, 0.3) is 0 Å². The molecule has 0 saturated heterocycles. The minimum atomic E-state index is 0. The molecule has 0 spiro atoms. The monoisotopic (exact) mass is 766 g/mol. The molecule has 2 radical (unpaired) electrons. The van der Waals surface area contributed by atoms with Gasteiger partial charge in [-0.25, -0.2) is 15.0 Å².